The van der Waals surface area contributed by atoms with Crippen molar-refractivity contribution in [3.05, 3.63) is 29.3 Å². The number of nitrogens with two attached hydrogens (primary N) is 1. The minimum absolute atomic E-state index is 0.234. The predicted octanol–water partition coefficient (Wildman–Crippen LogP) is 2.37. The first-order valence-corrected chi connectivity index (χ1v) is 5.05. The lowest BCUT2D eigenvalue weighted by Crippen LogP contribution is -2.09. The molecule has 0 heterocycles. The Balaban J connectivity index is 2.87. The van der Waals surface area contributed by atoms with Crippen LogP contribution in [0.15, 0.2) is 18.2 Å². The largest absolute Gasteiger partial charge is 0.508 e. The van der Waals surface area contributed by atoms with Crippen molar-refractivity contribution in [1.29, 1.82) is 0 Å². The van der Waals surface area contributed by atoms with Crippen molar-refractivity contribution in [2.24, 2.45) is 11.3 Å². The predicted molar refractivity (Wildman–Crippen MR) is 60.2 cm³/mol. The number of phenols is 1. The molecular weight excluding hydrogens is 190 g/mol. The molecule has 84 valence electrons. The van der Waals surface area contributed by atoms with Gasteiger partial charge in [0.1, 0.15) is 5.75 Å². The van der Waals surface area contributed by atoms with Crippen molar-refractivity contribution in [1.82, 2.24) is 0 Å². The summed E-state index contributed by atoms with van der Waals surface area (Å²) in [5.41, 5.74) is 2.16. The van der Waals surface area contributed by atoms with E-state index < -0.39 is 0 Å². The second-order valence-corrected chi connectivity index (χ2v) is 5.01. The first-order chi connectivity index (χ1) is 6.92. The first-order valence-electron chi connectivity index (χ1n) is 5.05. The number of rotatable bonds is 3. The van der Waals surface area contributed by atoms with Crippen LogP contribution in [0.2, 0.25) is 0 Å². The summed E-state index contributed by atoms with van der Waals surface area (Å²) in [4.78, 5) is 4.53. The fourth-order valence-electron chi connectivity index (χ4n) is 1.57. The summed E-state index contributed by atoms with van der Waals surface area (Å²) in [6.07, 6.45) is 0.963. The maximum absolute atomic E-state index is 9.53. The fraction of sp³-hybridized carbons (Fsp3) is 0.500. The smallest absolute Gasteiger partial charge is 0.121 e. The van der Waals surface area contributed by atoms with Gasteiger partial charge in [0.15, 0.2) is 0 Å². The van der Waals surface area contributed by atoms with Gasteiger partial charge in [-0.05, 0) is 29.5 Å². The molecule has 1 aromatic rings. The Bertz CT molecular complexity index is 329. The lowest BCUT2D eigenvalue weighted by molar-refractivity contribution is 0.122. The summed E-state index contributed by atoms with van der Waals surface area (Å²) in [5.74, 6) is 5.23. The monoisotopic (exact) mass is 209 g/mol. The maximum atomic E-state index is 9.53. The van der Waals surface area contributed by atoms with Gasteiger partial charge in [0.2, 0.25) is 0 Å². The van der Waals surface area contributed by atoms with Crippen LogP contribution in [-0.4, -0.2) is 5.11 Å². The van der Waals surface area contributed by atoms with Crippen LogP contribution < -0.4 is 5.90 Å². The normalized spacial score (nSPS) is 11.7. The molecule has 0 aromatic heterocycles. The van der Waals surface area contributed by atoms with Gasteiger partial charge < -0.3 is 5.11 Å². The van der Waals surface area contributed by atoms with E-state index in [0.29, 0.717) is 0 Å². The molecule has 3 heteroatoms. The molecular formula is C12H19NO2. The van der Waals surface area contributed by atoms with Gasteiger partial charge in [0, 0.05) is 5.56 Å². The molecule has 3 N–H and O–H groups in total. The van der Waals surface area contributed by atoms with Crippen LogP contribution in [0.1, 0.15) is 31.9 Å². The molecule has 0 unspecified atom stereocenters. The summed E-state index contributed by atoms with van der Waals surface area (Å²) < 4.78 is 0. The summed E-state index contributed by atoms with van der Waals surface area (Å²) >= 11 is 0. The highest BCUT2D eigenvalue weighted by Gasteiger charge is 2.12. The van der Waals surface area contributed by atoms with Gasteiger partial charge in [-0.1, -0.05) is 26.8 Å². The standard InChI is InChI=1S/C12H19NO2/c1-12(2,3)7-9-4-5-11(14)10(6-9)8-15-13/h4-6,14H,7-8,13H2,1-3H3. The third-order valence-corrected chi connectivity index (χ3v) is 2.12. The summed E-state index contributed by atoms with van der Waals surface area (Å²) in [5, 5.41) is 9.53. The van der Waals surface area contributed by atoms with Crippen LogP contribution in [-0.2, 0) is 17.9 Å². The Labute approximate surface area is 90.8 Å². The van der Waals surface area contributed by atoms with E-state index in [1.807, 2.05) is 12.1 Å². The molecule has 1 aromatic carbocycles. The Morgan fingerprint density at radius 2 is 2.00 bits per heavy atom. The maximum Gasteiger partial charge on any atom is 0.121 e. The summed E-state index contributed by atoms with van der Waals surface area (Å²) in [6.45, 7) is 6.78. The van der Waals surface area contributed by atoms with Crippen molar-refractivity contribution in [3.8, 4) is 5.75 Å². The van der Waals surface area contributed by atoms with Gasteiger partial charge in [-0.15, -0.1) is 0 Å². The van der Waals surface area contributed by atoms with Crippen LogP contribution in [0.5, 0.6) is 5.75 Å². The van der Waals surface area contributed by atoms with Crippen molar-refractivity contribution in [2.75, 3.05) is 0 Å². The van der Waals surface area contributed by atoms with Crippen LogP contribution in [0.25, 0.3) is 0 Å². The molecule has 0 saturated heterocycles. The lowest BCUT2D eigenvalue weighted by Gasteiger charge is -2.18. The number of aromatic hydroxyl groups is 1. The minimum Gasteiger partial charge on any atom is -0.508 e. The summed E-state index contributed by atoms with van der Waals surface area (Å²) in [7, 11) is 0. The number of benzene rings is 1. The molecule has 3 nitrogen and oxygen atoms in total. The van der Waals surface area contributed by atoms with Gasteiger partial charge in [-0.2, -0.15) is 0 Å². The molecule has 0 fully saturated rings. The molecule has 0 bridgehead atoms. The molecule has 0 radical (unpaired) electrons. The highest BCUT2D eigenvalue weighted by atomic mass is 16.6. The van der Waals surface area contributed by atoms with Gasteiger partial charge in [-0.25, -0.2) is 5.90 Å². The zero-order chi connectivity index (χ0) is 11.5. The average molecular weight is 209 g/mol. The van der Waals surface area contributed by atoms with Gasteiger partial charge >= 0.3 is 0 Å². The van der Waals surface area contributed by atoms with Crippen LogP contribution >= 0.6 is 0 Å². The Morgan fingerprint density at radius 1 is 1.33 bits per heavy atom. The second kappa shape index (κ2) is 4.64. The molecule has 0 aliphatic heterocycles. The van der Waals surface area contributed by atoms with E-state index in [9.17, 15) is 5.11 Å². The second-order valence-electron chi connectivity index (χ2n) is 5.01. The fourth-order valence-corrected chi connectivity index (χ4v) is 1.57. The van der Waals surface area contributed by atoms with Gasteiger partial charge in [0.25, 0.3) is 0 Å². The Hall–Kier alpha value is -1.06. The molecule has 0 spiro atoms. The highest BCUT2D eigenvalue weighted by Crippen LogP contribution is 2.25. The Kier molecular flexibility index (Phi) is 3.72. The lowest BCUT2D eigenvalue weighted by atomic mass is 9.87. The average Bonchev–Trinajstić information content (AvgIpc) is 2.09. The SMILES string of the molecule is CC(C)(C)Cc1ccc(O)c(CON)c1. The van der Waals surface area contributed by atoms with Crippen LogP contribution in [0, 0.1) is 5.41 Å². The van der Waals surface area contributed by atoms with Crippen molar-refractivity contribution >= 4 is 0 Å². The minimum atomic E-state index is 0.234. The molecule has 0 atom stereocenters. The number of hydrogen-bond donors (Lipinski definition) is 2. The quantitative estimate of drug-likeness (QED) is 0.751. The van der Waals surface area contributed by atoms with E-state index in [-0.39, 0.29) is 17.8 Å². The number of phenolic OH excluding ortho intramolecular Hbond substituents is 1. The van der Waals surface area contributed by atoms with Crippen molar-refractivity contribution < 1.29 is 9.94 Å². The van der Waals surface area contributed by atoms with E-state index in [4.69, 9.17) is 5.90 Å². The van der Waals surface area contributed by atoms with E-state index >= 15 is 0 Å². The molecule has 0 saturated carbocycles. The Morgan fingerprint density at radius 3 is 2.53 bits per heavy atom. The van der Waals surface area contributed by atoms with E-state index in [1.54, 1.807) is 6.07 Å². The molecule has 0 aliphatic carbocycles. The van der Waals surface area contributed by atoms with Gasteiger partial charge in [-0.3, -0.25) is 4.84 Å². The zero-order valence-electron chi connectivity index (χ0n) is 9.58. The third-order valence-electron chi connectivity index (χ3n) is 2.12. The van der Waals surface area contributed by atoms with E-state index in [0.717, 1.165) is 12.0 Å². The topological polar surface area (TPSA) is 55.5 Å². The molecule has 0 aliphatic rings. The first kappa shape index (κ1) is 12.0. The third kappa shape index (κ3) is 3.90. The number of hydrogen-bond acceptors (Lipinski definition) is 3. The van der Waals surface area contributed by atoms with Crippen LogP contribution in [0.3, 0.4) is 0 Å². The molecule has 0 amide bonds. The highest BCUT2D eigenvalue weighted by molar-refractivity contribution is 5.36. The van der Waals surface area contributed by atoms with E-state index in [1.165, 1.54) is 5.56 Å². The van der Waals surface area contributed by atoms with E-state index in [2.05, 4.69) is 25.6 Å². The molecule has 1 rings (SSSR count). The van der Waals surface area contributed by atoms with Gasteiger partial charge in [0.05, 0.1) is 6.61 Å². The van der Waals surface area contributed by atoms with Crippen LogP contribution in [0.4, 0.5) is 0 Å². The summed E-state index contributed by atoms with van der Waals surface area (Å²) in [6, 6.07) is 5.56. The van der Waals surface area contributed by atoms with Crippen molar-refractivity contribution in [3.63, 3.8) is 0 Å². The zero-order valence-corrected chi connectivity index (χ0v) is 9.58. The molecule has 15 heavy (non-hydrogen) atoms. The van der Waals surface area contributed by atoms with Crippen molar-refractivity contribution in [2.45, 2.75) is 33.8 Å².